The summed E-state index contributed by atoms with van der Waals surface area (Å²) in [5, 5.41) is 0.0203. The molecule has 0 saturated carbocycles. The molecular weight excluding hydrogens is 423 g/mol. The second-order valence-corrected chi connectivity index (χ2v) is 9.06. The van der Waals surface area contributed by atoms with Crippen LogP contribution < -0.4 is 11.2 Å². The first-order valence-corrected chi connectivity index (χ1v) is 10.7. The van der Waals surface area contributed by atoms with Crippen LogP contribution in [0.2, 0.25) is 5.02 Å². The third-order valence-corrected chi connectivity index (χ3v) is 7.20. The Morgan fingerprint density at radius 1 is 1.17 bits per heavy atom. The van der Waals surface area contributed by atoms with Gasteiger partial charge in [-0.25, -0.2) is 22.6 Å². The van der Waals surface area contributed by atoms with Crippen molar-refractivity contribution >= 4 is 32.7 Å². The highest BCUT2D eigenvalue weighted by Gasteiger charge is 2.31. The Kier molecular flexibility index (Phi) is 5.01. The van der Waals surface area contributed by atoms with E-state index in [1.165, 1.54) is 10.5 Å². The van der Waals surface area contributed by atoms with Crippen molar-refractivity contribution in [3.8, 4) is 0 Å². The maximum Gasteiger partial charge on any atom is 0.330 e. The molecule has 1 aromatic carbocycles. The van der Waals surface area contributed by atoms with E-state index in [-0.39, 0.29) is 41.5 Å². The summed E-state index contributed by atoms with van der Waals surface area (Å²) in [6.45, 7) is 0.220. The summed E-state index contributed by atoms with van der Waals surface area (Å²) >= 11 is 5.71. The Morgan fingerprint density at radius 2 is 1.90 bits per heavy atom. The Bertz CT molecular complexity index is 1310. The topological polar surface area (TPSA) is 105 Å². The van der Waals surface area contributed by atoms with Gasteiger partial charge in [-0.3, -0.25) is 14.3 Å². The van der Waals surface area contributed by atoms with E-state index < -0.39 is 33.1 Å². The van der Waals surface area contributed by atoms with Crippen LogP contribution in [0.25, 0.3) is 11.0 Å². The molecule has 1 N–H and O–H groups in total. The predicted octanol–water partition coefficient (Wildman–Crippen LogP) is 1.90. The van der Waals surface area contributed by atoms with Gasteiger partial charge in [0.25, 0.3) is 5.56 Å². The van der Waals surface area contributed by atoms with Gasteiger partial charge in [-0.15, -0.1) is 0 Å². The van der Waals surface area contributed by atoms with Gasteiger partial charge in [0.05, 0.1) is 15.3 Å². The second-order valence-electron chi connectivity index (χ2n) is 6.72. The lowest BCUT2D eigenvalue weighted by atomic mass is 10.1. The van der Waals surface area contributed by atoms with Crippen LogP contribution in [-0.2, 0) is 10.0 Å². The molecule has 0 spiro atoms. The highest BCUT2D eigenvalue weighted by atomic mass is 35.5. The summed E-state index contributed by atoms with van der Waals surface area (Å²) in [7, 11) is -3.86. The van der Waals surface area contributed by atoms with Crippen LogP contribution in [0.1, 0.15) is 18.9 Å². The molecule has 0 amide bonds. The van der Waals surface area contributed by atoms with Gasteiger partial charge in [-0.05, 0) is 43.2 Å². The Morgan fingerprint density at radius 3 is 2.59 bits per heavy atom. The summed E-state index contributed by atoms with van der Waals surface area (Å²) in [5.41, 5.74) is -0.816. The van der Waals surface area contributed by atoms with E-state index >= 15 is 0 Å². The SMILES string of the molecule is O=c1[nH]c2ncccc2c(=O)n1C1CCN(S(=O)(=O)c2ccc(F)c(Cl)c2)CC1. The lowest BCUT2D eigenvalue weighted by Crippen LogP contribution is -2.45. The van der Waals surface area contributed by atoms with Crippen molar-refractivity contribution in [1.82, 2.24) is 18.8 Å². The van der Waals surface area contributed by atoms with Crippen molar-refractivity contribution in [1.29, 1.82) is 0 Å². The number of aromatic nitrogens is 3. The normalized spacial score (nSPS) is 16.3. The summed E-state index contributed by atoms with van der Waals surface area (Å²) in [6.07, 6.45) is 2.04. The van der Waals surface area contributed by atoms with Gasteiger partial charge in [0.1, 0.15) is 11.5 Å². The third kappa shape index (κ3) is 3.47. The number of fused-ring (bicyclic) bond motifs is 1. The lowest BCUT2D eigenvalue weighted by molar-refractivity contribution is 0.266. The summed E-state index contributed by atoms with van der Waals surface area (Å²) in [5.74, 6) is -0.700. The van der Waals surface area contributed by atoms with Crippen LogP contribution in [-0.4, -0.2) is 40.3 Å². The average Bonchev–Trinajstić information content (AvgIpc) is 2.70. The van der Waals surface area contributed by atoms with E-state index in [2.05, 4.69) is 9.97 Å². The van der Waals surface area contributed by atoms with Crippen LogP contribution >= 0.6 is 11.6 Å². The fourth-order valence-corrected chi connectivity index (χ4v) is 5.26. The van der Waals surface area contributed by atoms with Crippen molar-refractivity contribution < 1.29 is 12.8 Å². The Labute approximate surface area is 169 Å². The van der Waals surface area contributed by atoms with E-state index in [9.17, 15) is 22.4 Å². The number of nitrogens with zero attached hydrogens (tertiary/aromatic N) is 3. The van der Waals surface area contributed by atoms with Crippen LogP contribution in [0.5, 0.6) is 0 Å². The fourth-order valence-electron chi connectivity index (χ4n) is 3.52. The number of nitrogens with one attached hydrogen (secondary N) is 1. The lowest BCUT2D eigenvalue weighted by Gasteiger charge is -2.31. The molecule has 2 aromatic heterocycles. The molecule has 1 saturated heterocycles. The summed E-state index contributed by atoms with van der Waals surface area (Å²) in [6, 6.07) is 5.98. The van der Waals surface area contributed by atoms with E-state index in [0.29, 0.717) is 5.39 Å². The quantitative estimate of drug-likeness (QED) is 0.672. The number of halogens is 2. The molecule has 0 radical (unpaired) electrons. The minimum Gasteiger partial charge on any atom is -0.291 e. The first kappa shape index (κ1) is 19.7. The summed E-state index contributed by atoms with van der Waals surface area (Å²) in [4.78, 5) is 31.6. The first-order chi connectivity index (χ1) is 13.8. The molecule has 11 heteroatoms. The third-order valence-electron chi connectivity index (χ3n) is 5.02. The van der Waals surface area contributed by atoms with Crippen molar-refractivity contribution in [2.24, 2.45) is 0 Å². The van der Waals surface area contributed by atoms with Crippen LogP contribution in [0.15, 0.2) is 51.0 Å². The number of piperidine rings is 1. The standard InChI is InChI=1S/C18H16ClFN4O4S/c19-14-10-12(3-4-15(14)20)29(27,28)23-8-5-11(6-9-23)24-17(25)13-2-1-7-21-16(13)22-18(24)26/h1-4,7,10-11H,5-6,8-9H2,(H,21,22,26). The van der Waals surface area contributed by atoms with E-state index in [1.807, 2.05) is 0 Å². The molecule has 3 heterocycles. The number of hydrogen-bond donors (Lipinski definition) is 1. The minimum atomic E-state index is -3.86. The van der Waals surface area contributed by atoms with E-state index in [1.54, 1.807) is 12.1 Å². The zero-order valence-corrected chi connectivity index (χ0v) is 16.6. The Balaban J connectivity index is 1.60. The van der Waals surface area contributed by atoms with Gasteiger partial charge in [0.2, 0.25) is 10.0 Å². The van der Waals surface area contributed by atoms with Crippen LogP contribution in [0, 0.1) is 5.82 Å². The molecule has 1 aliphatic rings. The van der Waals surface area contributed by atoms with Gasteiger partial charge in [-0.2, -0.15) is 4.31 Å². The van der Waals surface area contributed by atoms with Gasteiger partial charge in [-0.1, -0.05) is 11.6 Å². The largest absolute Gasteiger partial charge is 0.330 e. The molecule has 0 atom stereocenters. The molecular formula is C18H16ClFN4O4S. The highest BCUT2D eigenvalue weighted by molar-refractivity contribution is 7.89. The van der Waals surface area contributed by atoms with Crippen molar-refractivity contribution in [2.45, 2.75) is 23.8 Å². The summed E-state index contributed by atoms with van der Waals surface area (Å²) < 4.78 is 41.3. The van der Waals surface area contributed by atoms with Crippen LogP contribution in [0.3, 0.4) is 0 Å². The number of benzene rings is 1. The molecule has 3 aromatic rings. The zero-order valence-electron chi connectivity index (χ0n) is 15.0. The zero-order chi connectivity index (χ0) is 20.8. The number of aromatic amines is 1. The number of hydrogen-bond acceptors (Lipinski definition) is 5. The molecule has 8 nitrogen and oxygen atoms in total. The highest BCUT2D eigenvalue weighted by Crippen LogP contribution is 2.27. The molecule has 29 heavy (non-hydrogen) atoms. The van der Waals surface area contributed by atoms with Gasteiger partial charge in [0.15, 0.2) is 0 Å². The smallest absolute Gasteiger partial charge is 0.291 e. The molecule has 0 aliphatic carbocycles. The molecule has 0 unspecified atom stereocenters. The van der Waals surface area contributed by atoms with Gasteiger partial charge >= 0.3 is 5.69 Å². The number of sulfonamides is 1. The van der Waals surface area contributed by atoms with Gasteiger partial charge in [0, 0.05) is 25.3 Å². The van der Waals surface area contributed by atoms with Crippen LogP contribution in [0.4, 0.5) is 4.39 Å². The van der Waals surface area contributed by atoms with Crippen molar-refractivity contribution in [3.05, 3.63) is 68.2 Å². The molecule has 4 rings (SSSR count). The van der Waals surface area contributed by atoms with Crippen molar-refractivity contribution in [2.75, 3.05) is 13.1 Å². The monoisotopic (exact) mass is 438 g/mol. The molecule has 152 valence electrons. The maximum absolute atomic E-state index is 13.3. The van der Waals surface area contributed by atoms with Crippen molar-refractivity contribution in [3.63, 3.8) is 0 Å². The number of pyridine rings is 1. The molecule has 1 fully saturated rings. The van der Waals surface area contributed by atoms with E-state index in [4.69, 9.17) is 11.6 Å². The van der Waals surface area contributed by atoms with Gasteiger partial charge < -0.3 is 0 Å². The first-order valence-electron chi connectivity index (χ1n) is 8.84. The van der Waals surface area contributed by atoms with E-state index in [0.717, 1.165) is 22.8 Å². The second kappa shape index (κ2) is 7.36. The minimum absolute atomic E-state index is 0.103. The number of H-pyrrole nitrogens is 1. The number of rotatable bonds is 3. The molecule has 1 aliphatic heterocycles. The Hall–Kier alpha value is -2.56. The maximum atomic E-state index is 13.3. The predicted molar refractivity (Wildman–Crippen MR) is 105 cm³/mol. The average molecular weight is 439 g/mol. The fraction of sp³-hybridized carbons (Fsp3) is 0.278. The molecule has 0 bridgehead atoms.